The third kappa shape index (κ3) is 2.79. The van der Waals surface area contributed by atoms with E-state index >= 15 is 0 Å². The number of aromatic nitrogens is 3. The molecule has 5 nitrogen and oxygen atoms in total. The first-order valence-electron chi connectivity index (χ1n) is 6.22. The lowest BCUT2D eigenvalue weighted by Gasteiger charge is -2.10. The summed E-state index contributed by atoms with van der Waals surface area (Å²) in [5, 5.41) is 0. The number of oxazole rings is 1. The number of alkyl halides is 5. The lowest BCUT2D eigenvalue weighted by Crippen LogP contribution is -2.07. The van der Waals surface area contributed by atoms with Crippen molar-refractivity contribution < 1.29 is 26.4 Å². The number of aromatic amines is 1. The average Bonchev–Trinajstić information content (AvgIpc) is 2.86. The lowest BCUT2D eigenvalue weighted by atomic mass is 10.1. The van der Waals surface area contributed by atoms with E-state index in [4.69, 9.17) is 4.42 Å². The fraction of sp³-hybridized carbons (Fsp3) is 0.154. The van der Waals surface area contributed by atoms with Gasteiger partial charge in [-0.1, -0.05) is 0 Å². The van der Waals surface area contributed by atoms with Crippen LogP contribution in [-0.4, -0.2) is 15.0 Å². The number of hydrogen-bond acceptors (Lipinski definition) is 4. The van der Waals surface area contributed by atoms with Gasteiger partial charge in [0.1, 0.15) is 15.8 Å². The number of rotatable bonds is 2. The first-order valence-corrected chi connectivity index (χ1v) is 7.01. The van der Waals surface area contributed by atoms with Crippen molar-refractivity contribution >= 4 is 27.0 Å². The predicted molar refractivity (Wildman–Crippen MR) is 75.5 cm³/mol. The third-order valence-electron chi connectivity index (χ3n) is 3.12. The van der Waals surface area contributed by atoms with Crippen LogP contribution in [0.25, 0.3) is 22.4 Å². The van der Waals surface area contributed by atoms with Crippen molar-refractivity contribution in [3.8, 4) is 11.3 Å². The van der Waals surface area contributed by atoms with Gasteiger partial charge in [0.15, 0.2) is 5.58 Å². The highest BCUT2D eigenvalue weighted by Crippen LogP contribution is 2.37. The molecule has 11 heteroatoms. The van der Waals surface area contributed by atoms with Gasteiger partial charge in [-0.15, -0.1) is 0 Å². The van der Waals surface area contributed by atoms with Gasteiger partial charge >= 0.3 is 11.9 Å². The van der Waals surface area contributed by atoms with Crippen molar-refractivity contribution in [2.24, 2.45) is 0 Å². The van der Waals surface area contributed by atoms with E-state index in [0.29, 0.717) is 6.07 Å². The first kappa shape index (κ1) is 16.6. The molecular weight excluding hydrogens is 405 g/mol. The van der Waals surface area contributed by atoms with E-state index in [0.717, 1.165) is 12.3 Å². The Hall–Kier alpha value is -2.30. The predicted octanol–water partition coefficient (Wildman–Crippen LogP) is 4.30. The molecule has 2 aromatic heterocycles. The molecule has 0 spiro atoms. The molecule has 0 fully saturated rings. The minimum absolute atomic E-state index is 0.0711. The Bertz CT molecular complexity index is 980. The normalized spacial score (nSPS) is 12.3. The Morgan fingerprint density at radius 2 is 1.96 bits per heavy atom. The summed E-state index contributed by atoms with van der Waals surface area (Å²) in [5.41, 5.74) is -3.06. The number of halogens is 6. The Morgan fingerprint density at radius 1 is 1.25 bits per heavy atom. The minimum atomic E-state index is -4.73. The van der Waals surface area contributed by atoms with Crippen molar-refractivity contribution in [2.75, 3.05) is 0 Å². The molecule has 0 saturated carbocycles. The van der Waals surface area contributed by atoms with Crippen molar-refractivity contribution in [2.45, 2.75) is 12.6 Å². The summed E-state index contributed by atoms with van der Waals surface area (Å²) in [6, 6.07) is 1.68. The quantitative estimate of drug-likeness (QED) is 0.640. The average molecular weight is 410 g/mol. The largest absolute Gasteiger partial charge is 0.418 e. The van der Waals surface area contributed by atoms with Crippen molar-refractivity contribution in [1.29, 1.82) is 0 Å². The topological polar surface area (TPSA) is 71.8 Å². The summed E-state index contributed by atoms with van der Waals surface area (Å²) in [4.78, 5) is 20.6. The van der Waals surface area contributed by atoms with Crippen LogP contribution in [0.3, 0.4) is 0 Å². The summed E-state index contributed by atoms with van der Waals surface area (Å²) in [7, 11) is 0. The van der Waals surface area contributed by atoms with Gasteiger partial charge in [-0.2, -0.15) is 13.2 Å². The number of nitrogens with zero attached hydrogens (tertiary/aromatic N) is 2. The fourth-order valence-electron chi connectivity index (χ4n) is 2.13. The molecule has 0 atom stereocenters. The molecule has 0 radical (unpaired) electrons. The van der Waals surface area contributed by atoms with Gasteiger partial charge in [0.05, 0.1) is 17.5 Å². The summed E-state index contributed by atoms with van der Waals surface area (Å²) < 4.78 is 69.3. The Morgan fingerprint density at radius 3 is 2.58 bits per heavy atom. The van der Waals surface area contributed by atoms with Crippen LogP contribution in [0.4, 0.5) is 22.0 Å². The molecule has 3 aromatic rings. The fourth-order valence-corrected chi connectivity index (χ4v) is 2.49. The van der Waals surface area contributed by atoms with Crippen LogP contribution in [0.5, 0.6) is 0 Å². The molecule has 0 amide bonds. The zero-order chi connectivity index (χ0) is 17.6. The van der Waals surface area contributed by atoms with Crippen LogP contribution in [0.2, 0.25) is 0 Å². The van der Waals surface area contributed by atoms with Crippen molar-refractivity contribution in [1.82, 2.24) is 15.0 Å². The van der Waals surface area contributed by atoms with Crippen LogP contribution in [0.15, 0.2) is 32.1 Å². The monoisotopic (exact) mass is 409 g/mol. The van der Waals surface area contributed by atoms with Crippen LogP contribution >= 0.6 is 15.9 Å². The van der Waals surface area contributed by atoms with Gasteiger partial charge in [0, 0.05) is 5.56 Å². The molecule has 126 valence electrons. The van der Waals surface area contributed by atoms with Gasteiger partial charge in [0.25, 0.3) is 6.43 Å². The summed E-state index contributed by atoms with van der Waals surface area (Å²) in [6.45, 7) is 0. The molecule has 0 aliphatic carbocycles. The van der Waals surface area contributed by atoms with Crippen LogP contribution in [0, 0.1) is 0 Å². The minimum Gasteiger partial charge on any atom is -0.407 e. The zero-order valence-corrected chi connectivity index (χ0v) is 12.9. The highest BCUT2D eigenvalue weighted by Gasteiger charge is 2.35. The van der Waals surface area contributed by atoms with Gasteiger partial charge in [-0.3, -0.25) is 4.98 Å². The SMILES string of the molecule is O=c1[nH]c2c(C(F)(F)F)ccc(-c3cnc(Br)c(C(F)F)n3)c2o1. The van der Waals surface area contributed by atoms with Gasteiger partial charge in [0.2, 0.25) is 0 Å². The van der Waals surface area contributed by atoms with Crippen LogP contribution in [-0.2, 0) is 6.18 Å². The Balaban J connectivity index is 2.29. The molecule has 0 aliphatic heterocycles. The molecular formula is C13H5BrF5N3O2. The van der Waals surface area contributed by atoms with E-state index in [1.165, 1.54) is 0 Å². The van der Waals surface area contributed by atoms with Crippen molar-refractivity contribution in [3.63, 3.8) is 0 Å². The van der Waals surface area contributed by atoms with Crippen LogP contribution < -0.4 is 5.76 Å². The molecule has 0 unspecified atom stereocenters. The second-order valence-corrected chi connectivity index (χ2v) is 5.36. The summed E-state index contributed by atoms with van der Waals surface area (Å²) >= 11 is 2.81. The molecule has 1 aromatic carbocycles. The smallest absolute Gasteiger partial charge is 0.407 e. The number of fused-ring (bicyclic) bond motifs is 1. The molecule has 0 aliphatic rings. The number of hydrogen-bond donors (Lipinski definition) is 1. The molecule has 0 bridgehead atoms. The van der Waals surface area contributed by atoms with Gasteiger partial charge < -0.3 is 4.42 Å². The van der Waals surface area contributed by atoms with Crippen molar-refractivity contribution in [3.05, 3.63) is 44.7 Å². The molecule has 2 heterocycles. The lowest BCUT2D eigenvalue weighted by molar-refractivity contribution is -0.136. The maximum absolute atomic E-state index is 13.0. The first-order chi connectivity index (χ1) is 11.2. The van der Waals surface area contributed by atoms with E-state index in [1.807, 2.05) is 4.98 Å². The third-order valence-corrected chi connectivity index (χ3v) is 3.73. The molecule has 24 heavy (non-hydrogen) atoms. The van der Waals surface area contributed by atoms with E-state index in [-0.39, 0.29) is 15.9 Å². The summed E-state index contributed by atoms with van der Waals surface area (Å²) in [6.07, 6.45) is -6.61. The van der Waals surface area contributed by atoms with Crippen LogP contribution in [0.1, 0.15) is 17.7 Å². The Labute approximate surface area is 137 Å². The maximum Gasteiger partial charge on any atom is 0.418 e. The van der Waals surface area contributed by atoms with E-state index < -0.39 is 40.7 Å². The summed E-state index contributed by atoms with van der Waals surface area (Å²) in [5.74, 6) is -1.11. The molecule has 3 rings (SSSR count). The number of nitrogens with one attached hydrogen (secondary N) is 1. The maximum atomic E-state index is 13.0. The highest BCUT2D eigenvalue weighted by atomic mass is 79.9. The van der Waals surface area contributed by atoms with E-state index in [2.05, 4.69) is 25.9 Å². The zero-order valence-electron chi connectivity index (χ0n) is 11.3. The van der Waals surface area contributed by atoms with E-state index in [9.17, 15) is 26.7 Å². The molecule has 1 N–H and O–H groups in total. The Kier molecular flexibility index (Phi) is 3.90. The second kappa shape index (κ2) is 5.65. The number of H-pyrrole nitrogens is 1. The standard InChI is InChI=1S/C13H5BrF5N3O2/c14-10-8(11(15)16)21-6(3-20-10)4-1-2-5(13(17,18)19)7-9(4)24-12(23)22-7/h1-3,11H,(H,22,23). The van der Waals surface area contributed by atoms with Gasteiger partial charge in [-0.05, 0) is 28.1 Å². The second-order valence-electron chi connectivity index (χ2n) is 4.61. The number of benzene rings is 1. The molecule has 0 saturated heterocycles. The highest BCUT2D eigenvalue weighted by molar-refractivity contribution is 9.10. The van der Waals surface area contributed by atoms with E-state index in [1.54, 1.807) is 0 Å². The van der Waals surface area contributed by atoms with Gasteiger partial charge in [-0.25, -0.2) is 23.5 Å².